The van der Waals surface area contributed by atoms with Gasteiger partial charge in [-0.2, -0.15) is 0 Å². The van der Waals surface area contributed by atoms with Gasteiger partial charge in [-0.05, 0) is 69.3 Å². The molecule has 0 bridgehead atoms. The van der Waals surface area contributed by atoms with E-state index in [0.29, 0.717) is 16.6 Å². The fourth-order valence-corrected chi connectivity index (χ4v) is 6.66. The Labute approximate surface area is 280 Å². The summed E-state index contributed by atoms with van der Waals surface area (Å²) in [6, 6.07) is 17.6. The second-order valence-corrected chi connectivity index (χ2v) is 13.0. The average molecular weight is 685 g/mol. The smallest absolute Gasteiger partial charge is 0.306 e. The van der Waals surface area contributed by atoms with E-state index in [1.54, 1.807) is 44.2 Å². The summed E-state index contributed by atoms with van der Waals surface area (Å²) < 4.78 is 69.2. The maximum absolute atomic E-state index is 15.6. The van der Waals surface area contributed by atoms with Crippen molar-refractivity contribution in [3.05, 3.63) is 125 Å². The first-order valence-electron chi connectivity index (χ1n) is 15.3. The van der Waals surface area contributed by atoms with E-state index in [2.05, 4.69) is 15.0 Å². The number of H-pyrrole nitrogens is 1. The summed E-state index contributed by atoms with van der Waals surface area (Å²) in [6.45, 7) is 5.43. The number of rotatable bonds is 11. The van der Waals surface area contributed by atoms with Crippen LogP contribution in [0.5, 0.6) is 11.5 Å². The van der Waals surface area contributed by atoms with Crippen molar-refractivity contribution in [2.24, 2.45) is 0 Å². The lowest BCUT2D eigenvalue weighted by Gasteiger charge is -2.13. The van der Waals surface area contributed by atoms with E-state index in [4.69, 9.17) is 9.47 Å². The molecule has 0 fully saturated rings. The number of imidazole rings is 1. The van der Waals surface area contributed by atoms with Crippen LogP contribution in [-0.2, 0) is 26.0 Å². The Morgan fingerprint density at radius 2 is 1.73 bits per heavy atom. The predicted molar refractivity (Wildman–Crippen MR) is 177 cm³/mol. The van der Waals surface area contributed by atoms with Crippen LogP contribution in [0, 0.1) is 25.5 Å². The predicted octanol–water partition coefficient (Wildman–Crippen LogP) is 7.08. The number of aromatic amines is 1. The third-order valence-corrected chi connectivity index (χ3v) is 9.56. The van der Waals surface area contributed by atoms with Crippen LogP contribution < -0.4 is 4.74 Å². The summed E-state index contributed by atoms with van der Waals surface area (Å²) in [5.74, 6) is -2.43. The van der Waals surface area contributed by atoms with Crippen LogP contribution in [0.4, 0.5) is 8.78 Å². The number of carbonyl (C=O) groups is 2. The number of fused-ring (bicyclic) bond motifs is 1. The van der Waals surface area contributed by atoms with E-state index in [-0.39, 0.29) is 70.1 Å². The van der Waals surface area contributed by atoms with Crippen molar-refractivity contribution in [2.45, 2.75) is 38.5 Å². The quantitative estimate of drug-likeness (QED) is 0.113. The molecule has 6 rings (SSSR count). The first-order chi connectivity index (χ1) is 23.5. The van der Waals surface area contributed by atoms with Gasteiger partial charge in [0.25, 0.3) is 10.0 Å². The van der Waals surface area contributed by atoms with E-state index < -0.39 is 27.4 Å². The third-order valence-electron chi connectivity index (χ3n) is 7.86. The Kier molecular flexibility index (Phi) is 9.11. The maximum Gasteiger partial charge on any atom is 0.306 e. The van der Waals surface area contributed by atoms with Gasteiger partial charge in [0.2, 0.25) is 5.78 Å². The SMILES string of the molecule is CCOC(=O)CCc1cccc(C(=O)c2cnc(-c3cc(Oc4c(F)cc5c(ccn5S(=O)(=O)c5ccc(C)cc5)c4C)ccc3F)[nH]2)n1. The van der Waals surface area contributed by atoms with Crippen molar-refractivity contribution in [1.29, 1.82) is 0 Å². The number of carbonyl (C=O) groups excluding carboxylic acids is 2. The molecule has 0 atom stereocenters. The summed E-state index contributed by atoms with van der Waals surface area (Å²) in [4.78, 5) is 36.3. The minimum Gasteiger partial charge on any atom is -0.466 e. The number of nitrogens with one attached hydrogen (secondary N) is 1. The van der Waals surface area contributed by atoms with Gasteiger partial charge >= 0.3 is 5.97 Å². The number of ketones is 1. The largest absolute Gasteiger partial charge is 0.466 e. The van der Waals surface area contributed by atoms with E-state index in [1.165, 1.54) is 42.7 Å². The lowest BCUT2D eigenvalue weighted by atomic mass is 10.1. The average Bonchev–Trinajstić information content (AvgIpc) is 3.75. The molecule has 3 aromatic carbocycles. The number of esters is 1. The third kappa shape index (κ3) is 6.70. The Bertz CT molecular complexity index is 2330. The molecular formula is C36H30F2N4O6S. The second kappa shape index (κ2) is 13.4. The number of benzene rings is 3. The zero-order valence-electron chi connectivity index (χ0n) is 26.7. The van der Waals surface area contributed by atoms with E-state index in [1.807, 2.05) is 6.92 Å². The van der Waals surface area contributed by atoms with E-state index in [9.17, 15) is 18.0 Å². The molecule has 0 spiro atoms. The van der Waals surface area contributed by atoms with Gasteiger partial charge in [-0.25, -0.2) is 31.1 Å². The first-order valence-corrected chi connectivity index (χ1v) is 16.7. The van der Waals surface area contributed by atoms with Crippen LogP contribution in [0.3, 0.4) is 0 Å². The molecular weight excluding hydrogens is 654 g/mol. The Hall–Kier alpha value is -5.69. The summed E-state index contributed by atoms with van der Waals surface area (Å²) >= 11 is 0. The number of hydrogen-bond acceptors (Lipinski definition) is 8. The van der Waals surface area contributed by atoms with Crippen LogP contribution in [0.15, 0.2) is 90.1 Å². The van der Waals surface area contributed by atoms with Crippen LogP contribution in [0.2, 0.25) is 0 Å². The van der Waals surface area contributed by atoms with Crippen molar-refractivity contribution in [3.63, 3.8) is 0 Å². The zero-order valence-corrected chi connectivity index (χ0v) is 27.5. The molecule has 0 saturated heterocycles. The topological polar surface area (TPSA) is 133 Å². The summed E-state index contributed by atoms with van der Waals surface area (Å²) in [7, 11) is -4.01. The van der Waals surface area contributed by atoms with Gasteiger partial charge in [-0.15, -0.1) is 0 Å². The van der Waals surface area contributed by atoms with Crippen LogP contribution >= 0.6 is 0 Å². The molecule has 0 unspecified atom stereocenters. The first kappa shape index (κ1) is 33.2. The Morgan fingerprint density at radius 3 is 2.49 bits per heavy atom. The minimum absolute atomic E-state index is 0.0239. The standard InChI is InChI=1S/C36H30F2N4O6S/c1-4-47-33(43)15-10-23-6-5-7-30(40-23)34(44)31-20-39-36(41-31)27-18-24(11-14-28(27)37)48-35-22(3)26-16-17-42(32(26)19-29(35)38)49(45,46)25-12-8-21(2)9-13-25/h5-9,11-14,16-20H,4,10,15H2,1-3H3,(H,39,41). The van der Waals surface area contributed by atoms with Gasteiger partial charge in [0.15, 0.2) is 11.6 Å². The van der Waals surface area contributed by atoms with Crippen molar-refractivity contribution in [1.82, 2.24) is 18.9 Å². The lowest BCUT2D eigenvalue weighted by Crippen LogP contribution is -2.12. The molecule has 0 aliphatic rings. The molecule has 10 nitrogen and oxygen atoms in total. The highest BCUT2D eigenvalue weighted by molar-refractivity contribution is 7.90. The van der Waals surface area contributed by atoms with Gasteiger partial charge in [0, 0.05) is 35.3 Å². The van der Waals surface area contributed by atoms with Gasteiger partial charge < -0.3 is 14.5 Å². The highest BCUT2D eigenvalue weighted by Crippen LogP contribution is 2.37. The minimum atomic E-state index is -4.01. The zero-order chi connectivity index (χ0) is 34.9. The number of halogens is 2. The van der Waals surface area contributed by atoms with Gasteiger partial charge in [-0.1, -0.05) is 23.8 Å². The fourth-order valence-electron chi connectivity index (χ4n) is 5.32. The number of pyridine rings is 1. The molecule has 3 heterocycles. The molecule has 1 N–H and O–H groups in total. The fraction of sp³-hybridized carbons (Fsp3) is 0.167. The number of ether oxygens (including phenoxy) is 2. The number of aryl methyl sites for hydroxylation is 3. The molecule has 0 amide bonds. The van der Waals surface area contributed by atoms with Crippen molar-refractivity contribution in [2.75, 3.05) is 6.61 Å². The molecule has 3 aromatic heterocycles. The highest BCUT2D eigenvalue weighted by atomic mass is 32.2. The summed E-state index contributed by atoms with van der Waals surface area (Å²) in [5.41, 5.74) is 2.01. The lowest BCUT2D eigenvalue weighted by molar-refractivity contribution is -0.143. The van der Waals surface area contributed by atoms with E-state index in [0.717, 1.165) is 21.7 Å². The molecule has 0 saturated carbocycles. The number of hydrogen-bond donors (Lipinski definition) is 1. The molecule has 0 aliphatic heterocycles. The van der Waals surface area contributed by atoms with E-state index >= 15 is 8.78 Å². The Balaban J connectivity index is 1.25. The monoisotopic (exact) mass is 684 g/mol. The van der Waals surface area contributed by atoms with Crippen molar-refractivity contribution >= 4 is 32.7 Å². The molecule has 13 heteroatoms. The van der Waals surface area contributed by atoms with Crippen LogP contribution in [-0.4, -0.2) is 45.7 Å². The molecule has 49 heavy (non-hydrogen) atoms. The second-order valence-electron chi connectivity index (χ2n) is 11.2. The number of nitrogens with zero attached hydrogens (tertiary/aromatic N) is 3. The summed E-state index contributed by atoms with van der Waals surface area (Å²) in [6.07, 6.45) is 3.02. The molecule has 0 aliphatic carbocycles. The van der Waals surface area contributed by atoms with Gasteiger partial charge in [0.05, 0.1) is 35.2 Å². The van der Waals surface area contributed by atoms with Gasteiger partial charge in [0.1, 0.15) is 28.8 Å². The highest BCUT2D eigenvalue weighted by Gasteiger charge is 2.23. The number of aromatic nitrogens is 4. The molecule has 0 radical (unpaired) electrons. The van der Waals surface area contributed by atoms with Crippen LogP contribution in [0.1, 0.15) is 46.3 Å². The Morgan fingerprint density at radius 1 is 0.959 bits per heavy atom. The maximum atomic E-state index is 15.6. The molecule has 6 aromatic rings. The summed E-state index contributed by atoms with van der Waals surface area (Å²) in [5, 5.41) is 0.446. The normalized spacial score (nSPS) is 11.5. The van der Waals surface area contributed by atoms with Crippen molar-refractivity contribution in [3.8, 4) is 22.9 Å². The van der Waals surface area contributed by atoms with Gasteiger partial charge in [-0.3, -0.25) is 9.59 Å². The molecule has 250 valence electrons. The van der Waals surface area contributed by atoms with Crippen molar-refractivity contribution < 1.29 is 36.3 Å². The van der Waals surface area contributed by atoms with Crippen LogP contribution in [0.25, 0.3) is 22.3 Å².